The second-order valence-corrected chi connectivity index (χ2v) is 5.47. The molecule has 0 aliphatic carbocycles. The van der Waals surface area contributed by atoms with Crippen LogP contribution in [-0.4, -0.2) is 18.4 Å². The van der Waals surface area contributed by atoms with Crippen LogP contribution in [-0.2, 0) is 11.2 Å². The van der Waals surface area contributed by atoms with Crippen LogP contribution in [0.3, 0.4) is 0 Å². The maximum absolute atomic E-state index is 11.7. The van der Waals surface area contributed by atoms with Crippen molar-refractivity contribution in [2.24, 2.45) is 0 Å². The number of Topliss-reactive ketones (excluding diaryl/α,β-unsaturated/α-hetero) is 1. The van der Waals surface area contributed by atoms with E-state index in [2.05, 4.69) is 35.1 Å². The Hall–Kier alpha value is -0.670. The van der Waals surface area contributed by atoms with Crippen molar-refractivity contribution in [3.8, 4) is 0 Å². The molecule has 0 bridgehead atoms. The van der Waals surface area contributed by atoms with Gasteiger partial charge in [-0.05, 0) is 30.7 Å². The number of carbonyl (C=O) groups excluding carboxylic acids is 1. The molecule has 94 valence electrons. The minimum absolute atomic E-state index is 0.314. The molecule has 1 aromatic rings. The molecular formula is C14H20BrNO. The predicted molar refractivity (Wildman–Crippen MR) is 75.2 cm³/mol. The van der Waals surface area contributed by atoms with E-state index in [0.29, 0.717) is 24.7 Å². The van der Waals surface area contributed by atoms with Gasteiger partial charge >= 0.3 is 0 Å². The van der Waals surface area contributed by atoms with Gasteiger partial charge < -0.3 is 5.32 Å². The molecule has 2 nitrogen and oxygen atoms in total. The molecule has 0 aliphatic heterocycles. The molecule has 0 heterocycles. The standard InChI is InChI=1S/C14H20BrNO/c1-11(2)16-8-4-7-14(17)10-12-5-3-6-13(15)9-12/h3,5-6,9,11,16H,4,7-8,10H2,1-2H3. The number of benzene rings is 1. The third kappa shape index (κ3) is 6.59. The smallest absolute Gasteiger partial charge is 0.137 e. The molecule has 0 aromatic heterocycles. The molecule has 0 saturated carbocycles. The Morgan fingerprint density at radius 2 is 2.18 bits per heavy atom. The van der Waals surface area contributed by atoms with E-state index in [4.69, 9.17) is 0 Å². The highest BCUT2D eigenvalue weighted by Crippen LogP contribution is 2.12. The molecule has 3 heteroatoms. The Morgan fingerprint density at radius 3 is 2.82 bits per heavy atom. The number of rotatable bonds is 7. The van der Waals surface area contributed by atoms with Crippen molar-refractivity contribution in [2.45, 2.75) is 39.2 Å². The maximum atomic E-state index is 11.7. The molecule has 0 unspecified atom stereocenters. The molecule has 0 spiro atoms. The van der Waals surface area contributed by atoms with Crippen LogP contribution in [0.25, 0.3) is 0 Å². The molecule has 0 amide bonds. The van der Waals surface area contributed by atoms with Crippen molar-refractivity contribution in [1.82, 2.24) is 5.32 Å². The molecule has 0 saturated heterocycles. The SMILES string of the molecule is CC(C)NCCCC(=O)Cc1cccc(Br)c1. The quantitative estimate of drug-likeness (QED) is 0.782. The largest absolute Gasteiger partial charge is 0.315 e. The van der Waals surface area contributed by atoms with Gasteiger partial charge in [0, 0.05) is 23.4 Å². The van der Waals surface area contributed by atoms with Gasteiger partial charge in [0.2, 0.25) is 0 Å². The van der Waals surface area contributed by atoms with Crippen molar-refractivity contribution in [1.29, 1.82) is 0 Å². The van der Waals surface area contributed by atoms with Crippen molar-refractivity contribution < 1.29 is 4.79 Å². The van der Waals surface area contributed by atoms with Gasteiger partial charge in [0.05, 0.1) is 0 Å². The van der Waals surface area contributed by atoms with Crippen LogP contribution in [0.4, 0.5) is 0 Å². The van der Waals surface area contributed by atoms with Crippen LogP contribution in [0.15, 0.2) is 28.7 Å². The molecule has 17 heavy (non-hydrogen) atoms. The third-order valence-corrected chi connectivity index (χ3v) is 2.97. The highest BCUT2D eigenvalue weighted by molar-refractivity contribution is 9.10. The zero-order valence-corrected chi connectivity index (χ0v) is 12.1. The van der Waals surface area contributed by atoms with E-state index in [1.807, 2.05) is 24.3 Å². The van der Waals surface area contributed by atoms with Crippen LogP contribution >= 0.6 is 15.9 Å². The van der Waals surface area contributed by atoms with Crippen LogP contribution in [0, 0.1) is 0 Å². The molecular weight excluding hydrogens is 278 g/mol. The number of carbonyl (C=O) groups is 1. The van der Waals surface area contributed by atoms with Crippen molar-refractivity contribution in [3.63, 3.8) is 0 Å². The summed E-state index contributed by atoms with van der Waals surface area (Å²) in [6, 6.07) is 8.43. The molecule has 1 aromatic carbocycles. The van der Waals surface area contributed by atoms with Crippen LogP contribution in [0.5, 0.6) is 0 Å². The van der Waals surface area contributed by atoms with Crippen LogP contribution in [0.1, 0.15) is 32.3 Å². The lowest BCUT2D eigenvalue weighted by Crippen LogP contribution is -2.24. The molecule has 1 rings (SSSR count). The molecule has 0 atom stereocenters. The Balaban J connectivity index is 2.25. The monoisotopic (exact) mass is 297 g/mol. The second kappa shape index (κ2) is 7.62. The number of nitrogens with one attached hydrogen (secondary N) is 1. The summed E-state index contributed by atoms with van der Waals surface area (Å²) in [5.41, 5.74) is 1.08. The van der Waals surface area contributed by atoms with Gasteiger partial charge in [-0.1, -0.05) is 41.9 Å². The number of hydrogen-bond acceptors (Lipinski definition) is 2. The minimum atomic E-state index is 0.314. The van der Waals surface area contributed by atoms with E-state index in [0.717, 1.165) is 23.0 Å². The van der Waals surface area contributed by atoms with Gasteiger partial charge in [-0.2, -0.15) is 0 Å². The first-order valence-corrected chi connectivity index (χ1v) is 6.87. The van der Waals surface area contributed by atoms with Crippen molar-refractivity contribution >= 4 is 21.7 Å². The predicted octanol–water partition coefficient (Wildman–Crippen LogP) is 3.34. The molecule has 0 radical (unpaired) electrons. The van der Waals surface area contributed by atoms with Crippen LogP contribution in [0.2, 0.25) is 0 Å². The summed E-state index contributed by atoms with van der Waals surface area (Å²) in [5, 5.41) is 3.31. The van der Waals surface area contributed by atoms with Gasteiger partial charge in [-0.3, -0.25) is 4.79 Å². The van der Waals surface area contributed by atoms with Gasteiger partial charge in [-0.25, -0.2) is 0 Å². The molecule has 0 aliphatic rings. The fraction of sp³-hybridized carbons (Fsp3) is 0.500. The summed E-state index contributed by atoms with van der Waals surface area (Å²) >= 11 is 3.41. The second-order valence-electron chi connectivity index (χ2n) is 4.56. The maximum Gasteiger partial charge on any atom is 0.137 e. The molecule has 1 N–H and O–H groups in total. The summed E-state index contributed by atoms with van der Waals surface area (Å²) in [6.45, 7) is 5.15. The lowest BCUT2D eigenvalue weighted by Gasteiger charge is -2.07. The summed E-state index contributed by atoms with van der Waals surface area (Å²) in [5.74, 6) is 0.314. The van der Waals surface area contributed by atoms with Crippen molar-refractivity contribution in [2.75, 3.05) is 6.54 Å². The average molecular weight is 298 g/mol. The van der Waals surface area contributed by atoms with Gasteiger partial charge in [0.15, 0.2) is 0 Å². The minimum Gasteiger partial charge on any atom is -0.315 e. The Labute approximate surface area is 112 Å². The van der Waals surface area contributed by atoms with E-state index in [1.165, 1.54) is 0 Å². The fourth-order valence-electron chi connectivity index (χ4n) is 1.64. The van der Waals surface area contributed by atoms with E-state index in [1.54, 1.807) is 0 Å². The van der Waals surface area contributed by atoms with E-state index >= 15 is 0 Å². The van der Waals surface area contributed by atoms with Crippen LogP contribution < -0.4 is 5.32 Å². The first-order valence-electron chi connectivity index (χ1n) is 6.07. The van der Waals surface area contributed by atoms with Gasteiger partial charge in [0.25, 0.3) is 0 Å². The zero-order chi connectivity index (χ0) is 12.7. The van der Waals surface area contributed by atoms with Gasteiger partial charge in [-0.15, -0.1) is 0 Å². The summed E-state index contributed by atoms with van der Waals surface area (Å²) in [7, 11) is 0. The Morgan fingerprint density at radius 1 is 1.41 bits per heavy atom. The lowest BCUT2D eigenvalue weighted by molar-refractivity contribution is -0.118. The first-order chi connectivity index (χ1) is 8.08. The van der Waals surface area contributed by atoms with E-state index in [-0.39, 0.29) is 0 Å². The lowest BCUT2D eigenvalue weighted by atomic mass is 10.1. The number of halogens is 1. The van der Waals surface area contributed by atoms with Crippen molar-refractivity contribution in [3.05, 3.63) is 34.3 Å². The van der Waals surface area contributed by atoms with E-state index < -0.39 is 0 Å². The highest BCUT2D eigenvalue weighted by atomic mass is 79.9. The average Bonchev–Trinajstić information content (AvgIpc) is 2.24. The number of ketones is 1. The Bertz CT molecular complexity index is 363. The third-order valence-electron chi connectivity index (χ3n) is 2.48. The molecule has 0 fully saturated rings. The zero-order valence-electron chi connectivity index (χ0n) is 10.5. The van der Waals surface area contributed by atoms with Gasteiger partial charge in [0.1, 0.15) is 5.78 Å². The fourth-order valence-corrected chi connectivity index (χ4v) is 2.09. The summed E-state index contributed by atoms with van der Waals surface area (Å²) in [4.78, 5) is 11.7. The number of hydrogen-bond donors (Lipinski definition) is 1. The first kappa shape index (κ1) is 14.4. The summed E-state index contributed by atoms with van der Waals surface area (Å²) < 4.78 is 1.03. The Kier molecular flexibility index (Phi) is 6.45. The topological polar surface area (TPSA) is 29.1 Å². The normalized spacial score (nSPS) is 10.8. The van der Waals surface area contributed by atoms with E-state index in [9.17, 15) is 4.79 Å². The summed E-state index contributed by atoms with van der Waals surface area (Å²) in [6.07, 6.45) is 2.12. The highest BCUT2D eigenvalue weighted by Gasteiger charge is 2.04.